The molecule has 2 amide bonds. The number of amides is 2. The molecule has 2 heterocycles. The fourth-order valence-corrected chi connectivity index (χ4v) is 3.25. The minimum Gasteiger partial charge on any atom is -0.379 e. The molecule has 1 saturated heterocycles. The van der Waals surface area contributed by atoms with Gasteiger partial charge in [0.05, 0.1) is 42.7 Å². The molecule has 1 aromatic rings. The summed E-state index contributed by atoms with van der Waals surface area (Å²) in [4.78, 5) is 32.0. The second kappa shape index (κ2) is 8.74. The van der Waals surface area contributed by atoms with Gasteiger partial charge in [-0.3, -0.25) is 30.1 Å². The molecule has 1 fully saturated rings. The van der Waals surface area contributed by atoms with E-state index < -0.39 is 30.3 Å². The van der Waals surface area contributed by atoms with E-state index >= 15 is 0 Å². The summed E-state index contributed by atoms with van der Waals surface area (Å²) < 4.78 is 5.19. The molecule has 10 nitrogen and oxygen atoms in total. The van der Waals surface area contributed by atoms with Gasteiger partial charge in [0.2, 0.25) is 0 Å². The molecule has 0 bridgehead atoms. The maximum atomic E-state index is 12.9. The molecule has 3 atom stereocenters. The Morgan fingerprint density at radius 3 is 2.74 bits per heavy atom. The molecule has 0 radical (unpaired) electrons. The first-order valence-electron chi connectivity index (χ1n) is 8.83. The number of carbonyl (C=O) groups excluding carboxylic acids is 2. The van der Waals surface area contributed by atoms with Gasteiger partial charge in [-0.05, 0) is 25.0 Å². The SMILES string of the molecule is NCCOCCONc1cccc2c1C(=O)N(C1CCC(O)NC1O)C2=O. The van der Waals surface area contributed by atoms with Gasteiger partial charge in [-0.2, -0.15) is 0 Å². The van der Waals surface area contributed by atoms with Crippen LogP contribution < -0.4 is 16.5 Å². The first-order chi connectivity index (χ1) is 13.0. The summed E-state index contributed by atoms with van der Waals surface area (Å²) in [5.41, 5.74) is 8.82. The summed E-state index contributed by atoms with van der Waals surface area (Å²) in [6.07, 6.45) is -1.42. The highest BCUT2D eigenvalue weighted by Crippen LogP contribution is 2.33. The molecule has 2 aliphatic rings. The number of benzene rings is 1. The van der Waals surface area contributed by atoms with Gasteiger partial charge in [-0.15, -0.1) is 0 Å². The molecular formula is C17H24N4O6. The van der Waals surface area contributed by atoms with Crippen LogP contribution in [-0.4, -0.2) is 71.8 Å². The van der Waals surface area contributed by atoms with Crippen LogP contribution in [0.15, 0.2) is 18.2 Å². The molecule has 2 aliphatic heterocycles. The van der Waals surface area contributed by atoms with E-state index in [2.05, 4.69) is 10.8 Å². The zero-order valence-corrected chi connectivity index (χ0v) is 14.8. The van der Waals surface area contributed by atoms with Gasteiger partial charge in [0, 0.05) is 6.54 Å². The van der Waals surface area contributed by atoms with Crippen LogP contribution in [0, 0.1) is 0 Å². The highest BCUT2D eigenvalue weighted by atomic mass is 16.7. The topological polar surface area (TPSA) is 146 Å². The lowest BCUT2D eigenvalue weighted by molar-refractivity contribution is -0.0413. The predicted molar refractivity (Wildman–Crippen MR) is 94.6 cm³/mol. The second-order valence-electron chi connectivity index (χ2n) is 6.33. The number of hydrogen-bond acceptors (Lipinski definition) is 9. The number of nitrogens with two attached hydrogens (primary N) is 1. The summed E-state index contributed by atoms with van der Waals surface area (Å²) in [5, 5.41) is 22.3. The fraction of sp³-hybridized carbons (Fsp3) is 0.529. The van der Waals surface area contributed by atoms with Crippen LogP contribution >= 0.6 is 0 Å². The van der Waals surface area contributed by atoms with Crippen LogP contribution in [0.4, 0.5) is 5.69 Å². The van der Waals surface area contributed by atoms with Crippen molar-refractivity contribution in [3.05, 3.63) is 29.3 Å². The number of nitrogens with one attached hydrogen (secondary N) is 2. The van der Waals surface area contributed by atoms with Crippen molar-refractivity contribution in [3.63, 3.8) is 0 Å². The Morgan fingerprint density at radius 1 is 1.19 bits per heavy atom. The number of fused-ring (bicyclic) bond motifs is 1. The average Bonchev–Trinajstić information content (AvgIpc) is 2.90. The number of carbonyl (C=O) groups is 2. The van der Waals surface area contributed by atoms with Crippen LogP contribution in [-0.2, 0) is 9.57 Å². The molecular weight excluding hydrogens is 356 g/mol. The Kier molecular flexibility index (Phi) is 6.37. The molecule has 27 heavy (non-hydrogen) atoms. The summed E-state index contributed by atoms with van der Waals surface area (Å²) in [5.74, 6) is -0.990. The predicted octanol–water partition coefficient (Wildman–Crippen LogP) is -1.01. The number of piperidine rings is 1. The summed E-state index contributed by atoms with van der Waals surface area (Å²) in [6.45, 7) is 1.42. The van der Waals surface area contributed by atoms with Crippen LogP contribution in [0.1, 0.15) is 33.6 Å². The third-order valence-corrected chi connectivity index (χ3v) is 4.52. The Hall–Kier alpha value is -2.08. The number of aliphatic hydroxyl groups excluding tert-OH is 2. The molecule has 1 aromatic carbocycles. The molecule has 0 aromatic heterocycles. The van der Waals surface area contributed by atoms with Gasteiger partial charge >= 0.3 is 0 Å². The molecule has 6 N–H and O–H groups in total. The van der Waals surface area contributed by atoms with E-state index in [9.17, 15) is 19.8 Å². The molecule has 10 heteroatoms. The molecule has 148 valence electrons. The van der Waals surface area contributed by atoms with E-state index in [4.69, 9.17) is 15.3 Å². The summed E-state index contributed by atoms with van der Waals surface area (Å²) in [7, 11) is 0. The van der Waals surface area contributed by atoms with Gasteiger partial charge in [0.1, 0.15) is 12.5 Å². The lowest BCUT2D eigenvalue weighted by atomic mass is 10.0. The Morgan fingerprint density at radius 2 is 2.00 bits per heavy atom. The number of nitrogens with zero attached hydrogens (tertiary/aromatic N) is 1. The first-order valence-corrected chi connectivity index (χ1v) is 8.83. The average molecular weight is 380 g/mol. The maximum Gasteiger partial charge on any atom is 0.264 e. The molecule has 3 rings (SSSR count). The van der Waals surface area contributed by atoms with E-state index in [1.165, 1.54) is 0 Å². The summed E-state index contributed by atoms with van der Waals surface area (Å²) in [6, 6.07) is 4.08. The molecule has 0 spiro atoms. The number of rotatable bonds is 8. The van der Waals surface area contributed by atoms with Gasteiger partial charge in [0.25, 0.3) is 11.8 Å². The van der Waals surface area contributed by atoms with Gasteiger partial charge in [0.15, 0.2) is 0 Å². The lowest BCUT2D eigenvalue weighted by Crippen LogP contribution is -2.58. The minimum atomic E-state index is -1.19. The van der Waals surface area contributed by atoms with Gasteiger partial charge < -0.3 is 20.7 Å². The third-order valence-electron chi connectivity index (χ3n) is 4.52. The molecule has 0 saturated carbocycles. The summed E-state index contributed by atoms with van der Waals surface area (Å²) >= 11 is 0. The van der Waals surface area contributed by atoms with Crippen molar-refractivity contribution < 1.29 is 29.4 Å². The zero-order chi connectivity index (χ0) is 19.4. The highest BCUT2D eigenvalue weighted by Gasteiger charge is 2.45. The first kappa shape index (κ1) is 19.7. The Labute approximate surface area is 156 Å². The lowest BCUT2D eigenvalue weighted by Gasteiger charge is -2.36. The van der Waals surface area contributed by atoms with Crippen LogP contribution in [0.5, 0.6) is 0 Å². The van der Waals surface area contributed by atoms with Crippen molar-refractivity contribution in [2.45, 2.75) is 31.3 Å². The standard InChI is InChI=1S/C17H24N4O6/c18-6-7-26-8-9-27-20-11-3-1-2-10-14(11)17(25)21(16(10)24)12-4-5-13(22)19-15(12)23/h1-3,12-13,15,19-20,22-23H,4-9,18H2. The van der Waals surface area contributed by atoms with E-state index in [0.717, 1.165) is 4.90 Å². The van der Waals surface area contributed by atoms with Gasteiger partial charge in [-0.1, -0.05) is 6.07 Å². The smallest absolute Gasteiger partial charge is 0.264 e. The largest absolute Gasteiger partial charge is 0.379 e. The van der Waals surface area contributed by atoms with E-state index in [1.807, 2.05) is 0 Å². The van der Waals surface area contributed by atoms with Crippen LogP contribution in [0.3, 0.4) is 0 Å². The quantitative estimate of drug-likeness (QED) is 0.217. The number of hydrogen-bond donors (Lipinski definition) is 5. The Bertz CT molecular complexity index is 700. The van der Waals surface area contributed by atoms with E-state index in [-0.39, 0.29) is 17.7 Å². The maximum absolute atomic E-state index is 12.9. The molecule has 3 unspecified atom stereocenters. The normalized spacial score (nSPS) is 25.0. The Balaban J connectivity index is 1.70. The van der Waals surface area contributed by atoms with Crippen molar-refractivity contribution in [3.8, 4) is 0 Å². The van der Waals surface area contributed by atoms with Crippen molar-refractivity contribution in [2.75, 3.05) is 31.8 Å². The fourth-order valence-electron chi connectivity index (χ4n) is 3.25. The molecule has 0 aliphatic carbocycles. The highest BCUT2D eigenvalue weighted by molar-refractivity contribution is 6.23. The number of ether oxygens (including phenoxy) is 1. The zero-order valence-electron chi connectivity index (χ0n) is 14.8. The number of imide groups is 1. The van der Waals surface area contributed by atoms with Crippen molar-refractivity contribution in [1.82, 2.24) is 10.2 Å². The number of anilines is 1. The number of aliphatic hydroxyl groups is 2. The van der Waals surface area contributed by atoms with Crippen LogP contribution in [0.25, 0.3) is 0 Å². The van der Waals surface area contributed by atoms with Crippen molar-refractivity contribution in [2.24, 2.45) is 5.73 Å². The minimum absolute atomic E-state index is 0.198. The van der Waals surface area contributed by atoms with Crippen molar-refractivity contribution in [1.29, 1.82) is 0 Å². The van der Waals surface area contributed by atoms with Crippen LogP contribution in [0.2, 0.25) is 0 Å². The van der Waals surface area contributed by atoms with Crippen molar-refractivity contribution >= 4 is 17.5 Å². The second-order valence-corrected chi connectivity index (χ2v) is 6.33. The third kappa shape index (κ3) is 4.10. The van der Waals surface area contributed by atoms with E-state index in [1.54, 1.807) is 18.2 Å². The monoisotopic (exact) mass is 380 g/mol. The van der Waals surface area contributed by atoms with Gasteiger partial charge in [-0.25, -0.2) is 0 Å². The van der Waals surface area contributed by atoms with E-state index in [0.29, 0.717) is 38.3 Å².